The van der Waals surface area contributed by atoms with E-state index in [1.807, 2.05) is 30.5 Å². The molecule has 0 aliphatic rings. The van der Waals surface area contributed by atoms with Gasteiger partial charge in [0.25, 0.3) is 0 Å². The molecule has 32 heavy (non-hydrogen) atoms. The fourth-order valence-corrected chi connectivity index (χ4v) is 3.74. The zero-order valence-electron chi connectivity index (χ0n) is 20.1. The number of aryl methyl sites for hydroxylation is 1. The number of ether oxygens (including phenoxy) is 1. The topological polar surface area (TPSA) is 51.2 Å². The third kappa shape index (κ3) is 9.09. The number of aromatic nitrogens is 1. The first-order chi connectivity index (χ1) is 15.5. The summed E-state index contributed by atoms with van der Waals surface area (Å²) in [6, 6.07) is 12.4. The second-order valence-electron chi connectivity index (χ2n) is 8.34. The number of allylic oxidation sites excluding steroid dienone is 3. The monoisotopic (exact) mass is 434 g/mol. The maximum absolute atomic E-state index is 12.4. The number of hydrogen-bond donors (Lipinski definition) is 1. The molecule has 1 N–H and O–H groups in total. The van der Waals surface area contributed by atoms with E-state index in [4.69, 9.17) is 4.74 Å². The van der Waals surface area contributed by atoms with E-state index < -0.39 is 0 Å². The SMILES string of the molecule is CCCCC/C(=C(C)\C=C\C(=O)N[C@H](C)CCCc1cccnc1)c1ccc(OC)cc1. The first-order valence-electron chi connectivity index (χ1n) is 11.7. The van der Waals surface area contributed by atoms with E-state index in [9.17, 15) is 4.79 Å². The molecule has 0 bridgehead atoms. The molecule has 1 aromatic carbocycles. The number of benzene rings is 1. The predicted molar refractivity (Wildman–Crippen MR) is 134 cm³/mol. The van der Waals surface area contributed by atoms with E-state index >= 15 is 0 Å². The lowest BCUT2D eigenvalue weighted by atomic mass is 9.95. The molecule has 2 aromatic rings. The van der Waals surface area contributed by atoms with E-state index in [-0.39, 0.29) is 11.9 Å². The molecular weight excluding hydrogens is 396 g/mol. The number of carbonyl (C=O) groups is 1. The van der Waals surface area contributed by atoms with Crippen molar-refractivity contribution in [1.82, 2.24) is 10.3 Å². The summed E-state index contributed by atoms with van der Waals surface area (Å²) >= 11 is 0. The minimum atomic E-state index is -0.0409. The van der Waals surface area contributed by atoms with Crippen LogP contribution < -0.4 is 10.1 Å². The van der Waals surface area contributed by atoms with Gasteiger partial charge in [-0.15, -0.1) is 0 Å². The number of unbranched alkanes of at least 4 members (excludes halogenated alkanes) is 2. The second-order valence-corrected chi connectivity index (χ2v) is 8.34. The summed E-state index contributed by atoms with van der Waals surface area (Å²) in [5, 5.41) is 3.09. The molecule has 0 radical (unpaired) electrons. The van der Waals surface area contributed by atoms with Gasteiger partial charge in [0.15, 0.2) is 0 Å². The van der Waals surface area contributed by atoms with Crippen LogP contribution in [-0.2, 0) is 11.2 Å². The van der Waals surface area contributed by atoms with Gasteiger partial charge in [0.05, 0.1) is 7.11 Å². The van der Waals surface area contributed by atoms with Crippen LogP contribution >= 0.6 is 0 Å². The quantitative estimate of drug-likeness (QED) is 0.222. The molecule has 1 heterocycles. The second kappa shape index (κ2) is 14.2. The summed E-state index contributed by atoms with van der Waals surface area (Å²) in [4.78, 5) is 16.6. The highest BCUT2D eigenvalue weighted by Crippen LogP contribution is 2.27. The Morgan fingerprint density at radius 1 is 1.12 bits per heavy atom. The van der Waals surface area contributed by atoms with Crippen LogP contribution in [0.4, 0.5) is 0 Å². The van der Waals surface area contributed by atoms with Crippen LogP contribution in [0.1, 0.15) is 70.4 Å². The van der Waals surface area contributed by atoms with Crippen LogP contribution in [0.5, 0.6) is 5.75 Å². The summed E-state index contributed by atoms with van der Waals surface area (Å²) in [6.07, 6.45) is 14.8. The Morgan fingerprint density at radius 2 is 1.91 bits per heavy atom. The third-order valence-electron chi connectivity index (χ3n) is 5.64. The zero-order chi connectivity index (χ0) is 23.2. The van der Waals surface area contributed by atoms with Crippen molar-refractivity contribution < 1.29 is 9.53 Å². The summed E-state index contributed by atoms with van der Waals surface area (Å²) in [6.45, 7) is 6.36. The van der Waals surface area contributed by atoms with E-state index in [1.54, 1.807) is 19.4 Å². The fraction of sp³-hybridized carbons (Fsp3) is 0.429. The molecule has 0 aliphatic carbocycles. The molecule has 1 amide bonds. The molecule has 0 saturated carbocycles. The number of rotatable bonds is 13. The van der Waals surface area contributed by atoms with E-state index in [1.165, 1.54) is 29.5 Å². The van der Waals surface area contributed by atoms with Crippen molar-refractivity contribution in [3.05, 3.63) is 77.6 Å². The van der Waals surface area contributed by atoms with Gasteiger partial charge in [-0.2, -0.15) is 0 Å². The lowest BCUT2D eigenvalue weighted by Gasteiger charge is -2.13. The molecular formula is C28H38N2O2. The van der Waals surface area contributed by atoms with Crippen LogP contribution in [0.2, 0.25) is 0 Å². The lowest BCUT2D eigenvalue weighted by Crippen LogP contribution is -2.31. The number of nitrogens with zero attached hydrogens (tertiary/aromatic N) is 1. The maximum atomic E-state index is 12.4. The molecule has 1 aromatic heterocycles. The Hall–Kier alpha value is -2.88. The fourth-order valence-electron chi connectivity index (χ4n) is 3.74. The number of carbonyl (C=O) groups excluding carboxylic acids is 1. The zero-order valence-corrected chi connectivity index (χ0v) is 20.1. The van der Waals surface area contributed by atoms with Gasteiger partial charge >= 0.3 is 0 Å². The standard InChI is InChI=1S/C28H38N2O2/c1-5-6-7-13-27(25-15-17-26(32-4)18-16-25)22(2)14-19-28(31)30-23(3)10-8-11-24-12-9-20-29-21-24/h9,12,14-21,23H,5-8,10-11,13H2,1-4H3,(H,30,31)/b19-14+,27-22+/t23-/m1/s1. The Kier molecular flexibility index (Phi) is 11.3. The van der Waals surface area contributed by atoms with Crippen LogP contribution in [-0.4, -0.2) is 24.0 Å². The lowest BCUT2D eigenvalue weighted by molar-refractivity contribution is -0.117. The third-order valence-corrected chi connectivity index (χ3v) is 5.64. The summed E-state index contributed by atoms with van der Waals surface area (Å²) in [5.41, 5.74) is 4.84. The van der Waals surface area contributed by atoms with Crippen molar-refractivity contribution in [2.45, 2.75) is 71.8 Å². The Morgan fingerprint density at radius 3 is 2.56 bits per heavy atom. The summed E-state index contributed by atoms with van der Waals surface area (Å²) in [5.74, 6) is 0.813. The van der Waals surface area contributed by atoms with Crippen LogP contribution in [0.3, 0.4) is 0 Å². The maximum Gasteiger partial charge on any atom is 0.244 e. The molecule has 0 aliphatic heterocycles. The van der Waals surface area contributed by atoms with Gasteiger partial charge < -0.3 is 10.1 Å². The van der Waals surface area contributed by atoms with Crippen molar-refractivity contribution in [1.29, 1.82) is 0 Å². The van der Waals surface area contributed by atoms with Gasteiger partial charge in [-0.3, -0.25) is 9.78 Å². The Balaban J connectivity index is 1.94. The highest BCUT2D eigenvalue weighted by atomic mass is 16.5. The number of methoxy groups -OCH3 is 1. The van der Waals surface area contributed by atoms with Gasteiger partial charge in [0.2, 0.25) is 5.91 Å². The molecule has 1 atom stereocenters. The molecule has 0 spiro atoms. The van der Waals surface area contributed by atoms with E-state index in [0.717, 1.165) is 43.4 Å². The average Bonchev–Trinajstić information content (AvgIpc) is 2.81. The summed E-state index contributed by atoms with van der Waals surface area (Å²) in [7, 11) is 1.68. The van der Waals surface area contributed by atoms with Crippen LogP contribution in [0, 0.1) is 0 Å². The van der Waals surface area contributed by atoms with Crippen molar-refractivity contribution in [3.8, 4) is 5.75 Å². The molecule has 2 rings (SSSR count). The number of pyridine rings is 1. The smallest absolute Gasteiger partial charge is 0.244 e. The molecule has 172 valence electrons. The molecule has 0 fully saturated rings. The predicted octanol–water partition coefficient (Wildman–Crippen LogP) is 6.53. The van der Waals surface area contributed by atoms with Crippen molar-refractivity contribution in [2.75, 3.05) is 7.11 Å². The van der Waals surface area contributed by atoms with Gasteiger partial charge in [-0.25, -0.2) is 0 Å². The normalized spacial score (nSPS) is 13.0. The first kappa shape index (κ1) is 25.4. The number of amides is 1. The Labute approximate surface area is 193 Å². The van der Waals surface area contributed by atoms with Gasteiger partial charge in [-0.05, 0) is 86.4 Å². The van der Waals surface area contributed by atoms with E-state index in [0.29, 0.717) is 0 Å². The Bertz CT molecular complexity index is 870. The molecule has 0 unspecified atom stereocenters. The highest BCUT2D eigenvalue weighted by molar-refractivity contribution is 5.88. The van der Waals surface area contributed by atoms with Gasteiger partial charge in [-0.1, -0.05) is 44.0 Å². The van der Waals surface area contributed by atoms with Gasteiger partial charge in [0.1, 0.15) is 5.75 Å². The molecule has 0 saturated heterocycles. The average molecular weight is 435 g/mol. The molecule has 4 heteroatoms. The first-order valence-corrected chi connectivity index (χ1v) is 11.7. The van der Waals surface area contributed by atoms with Crippen molar-refractivity contribution >= 4 is 11.5 Å². The summed E-state index contributed by atoms with van der Waals surface area (Å²) < 4.78 is 5.29. The van der Waals surface area contributed by atoms with Gasteiger partial charge in [0, 0.05) is 24.5 Å². The largest absolute Gasteiger partial charge is 0.497 e. The minimum Gasteiger partial charge on any atom is -0.497 e. The minimum absolute atomic E-state index is 0.0409. The van der Waals surface area contributed by atoms with Crippen molar-refractivity contribution in [2.24, 2.45) is 0 Å². The van der Waals surface area contributed by atoms with Crippen LogP contribution in [0.25, 0.3) is 5.57 Å². The van der Waals surface area contributed by atoms with Crippen molar-refractivity contribution in [3.63, 3.8) is 0 Å². The number of hydrogen-bond acceptors (Lipinski definition) is 3. The number of nitrogens with one attached hydrogen (secondary N) is 1. The van der Waals surface area contributed by atoms with Crippen LogP contribution in [0.15, 0.2) is 66.5 Å². The van der Waals surface area contributed by atoms with E-state index in [2.05, 4.69) is 49.3 Å². The highest BCUT2D eigenvalue weighted by Gasteiger charge is 2.08. The molecule has 4 nitrogen and oxygen atoms in total.